The van der Waals surface area contributed by atoms with Gasteiger partial charge in [-0.15, -0.1) is 0 Å². The second-order valence-corrected chi connectivity index (χ2v) is 6.03. The van der Waals surface area contributed by atoms with E-state index in [1.165, 1.54) is 6.07 Å². The van der Waals surface area contributed by atoms with Crippen molar-refractivity contribution in [3.63, 3.8) is 0 Å². The topological polar surface area (TPSA) is 69.7 Å². The summed E-state index contributed by atoms with van der Waals surface area (Å²) in [4.78, 5) is 25.2. The average Bonchev–Trinajstić information content (AvgIpc) is 3.05. The van der Waals surface area contributed by atoms with Crippen LogP contribution in [0.3, 0.4) is 0 Å². The molecule has 0 atom stereocenters. The number of ketones is 1. The number of carbonyl (C=O) groups excluding carboxylic acids is 1. The van der Waals surface area contributed by atoms with E-state index in [9.17, 15) is 9.59 Å². The molecule has 0 saturated heterocycles. The van der Waals surface area contributed by atoms with Crippen LogP contribution in [0, 0.1) is 6.92 Å². The number of hydrogen-bond donors (Lipinski definition) is 0. The number of fused-ring (bicyclic) bond motifs is 2. The molecule has 0 aliphatic carbocycles. The molecule has 0 saturated carbocycles. The van der Waals surface area contributed by atoms with Gasteiger partial charge in [0.2, 0.25) is 5.78 Å². The van der Waals surface area contributed by atoms with Crippen molar-refractivity contribution in [3.8, 4) is 5.75 Å². The van der Waals surface area contributed by atoms with Crippen LogP contribution in [0.15, 0.2) is 62.2 Å². The summed E-state index contributed by atoms with van der Waals surface area (Å²) in [6.45, 7) is 4.22. The van der Waals surface area contributed by atoms with Gasteiger partial charge < -0.3 is 13.6 Å². The van der Waals surface area contributed by atoms with Crippen molar-refractivity contribution in [2.45, 2.75) is 13.8 Å². The molecule has 0 amide bonds. The molecule has 0 unspecified atom stereocenters. The van der Waals surface area contributed by atoms with Crippen molar-refractivity contribution in [2.75, 3.05) is 6.61 Å². The molecular weight excluding hydrogens is 332 g/mol. The van der Waals surface area contributed by atoms with Gasteiger partial charge in [-0.1, -0.05) is 18.2 Å². The first-order valence-corrected chi connectivity index (χ1v) is 8.31. The number of benzene rings is 2. The Kier molecular flexibility index (Phi) is 3.84. The molecule has 0 spiro atoms. The van der Waals surface area contributed by atoms with Crippen LogP contribution in [0.25, 0.3) is 21.9 Å². The summed E-state index contributed by atoms with van der Waals surface area (Å²) in [6, 6.07) is 14.0. The Bertz CT molecular complexity index is 1160. The molecule has 0 fully saturated rings. The predicted octanol–water partition coefficient (Wildman–Crippen LogP) is 4.48. The smallest absolute Gasteiger partial charge is 0.347 e. The van der Waals surface area contributed by atoms with Crippen molar-refractivity contribution in [1.29, 1.82) is 0 Å². The zero-order valence-corrected chi connectivity index (χ0v) is 14.4. The van der Waals surface area contributed by atoms with Crippen LogP contribution < -0.4 is 10.4 Å². The number of hydrogen-bond acceptors (Lipinski definition) is 5. The molecule has 5 nitrogen and oxygen atoms in total. The quantitative estimate of drug-likeness (QED) is 0.402. The summed E-state index contributed by atoms with van der Waals surface area (Å²) in [5, 5.41) is 1.38. The maximum absolute atomic E-state index is 12.8. The number of para-hydroxylation sites is 1. The van der Waals surface area contributed by atoms with Crippen LogP contribution in [-0.2, 0) is 0 Å². The zero-order chi connectivity index (χ0) is 18.3. The fourth-order valence-electron chi connectivity index (χ4n) is 2.98. The number of furan rings is 1. The zero-order valence-electron chi connectivity index (χ0n) is 14.4. The Morgan fingerprint density at radius 1 is 1.04 bits per heavy atom. The lowest BCUT2D eigenvalue weighted by Gasteiger charge is -2.09. The predicted molar refractivity (Wildman–Crippen MR) is 98.0 cm³/mol. The van der Waals surface area contributed by atoms with E-state index in [2.05, 4.69) is 0 Å². The van der Waals surface area contributed by atoms with E-state index in [-0.39, 0.29) is 11.3 Å². The third-order valence-electron chi connectivity index (χ3n) is 4.15. The first-order chi connectivity index (χ1) is 12.6. The summed E-state index contributed by atoms with van der Waals surface area (Å²) in [5.74, 6) is 0.160. The van der Waals surface area contributed by atoms with Crippen molar-refractivity contribution >= 4 is 27.7 Å². The van der Waals surface area contributed by atoms with Crippen LogP contribution in [0.1, 0.15) is 28.6 Å². The van der Waals surface area contributed by atoms with E-state index in [4.69, 9.17) is 13.6 Å². The van der Waals surface area contributed by atoms with E-state index in [1.54, 1.807) is 18.2 Å². The van der Waals surface area contributed by atoms with Crippen LogP contribution in [0.2, 0.25) is 0 Å². The summed E-state index contributed by atoms with van der Waals surface area (Å²) >= 11 is 0. The van der Waals surface area contributed by atoms with Gasteiger partial charge in [-0.2, -0.15) is 0 Å². The molecule has 0 N–H and O–H groups in total. The van der Waals surface area contributed by atoms with Crippen molar-refractivity contribution < 1.29 is 18.4 Å². The van der Waals surface area contributed by atoms with Crippen LogP contribution in [0.5, 0.6) is 5.75 Å². The van der Waals surface area contributed by atoms with Gasteiger partial charge in [0.1, 0.15) is 22.5 Å². The molecule has 5 heteroatoms. The van der Waals surface area contributed by atoms with Gasteiger partial charge in [0, 0.05) is 5.39 Å². The Morgan fingerprint density at radius 2 is 1.85 bits per heavy atom. The molecule has 0 aliphatic rings. The summed E-state index contributed by atoms with van der Waals surface area (Å²) in [5.41, 5.74) is 1.10. The van der Waals surface area contributed by atoms with Gasteiger partial charge in [-0.25, -0.2) is 4.79 Å². The number of aryl methyl sites for hydroxylation is 1. The minimum atomic E-state index is -0.698. The van der Waals surface area contributed by atoms with Gasteiger partial charge in [0.05, 0.1) is 12.0 Å². The minimum Gasteiger partial charge on any atom is -0.493 e. The lowest BCUT2D eigenvalue weighted by atomic mass is 10.1. The van der Waals surface area contributed by atoms with Crippen LogP contribution >= 0.6 is 0 Å². The molecule has 2 aromatic heterocycles. The highest BCUT2D eigenvalue weighted by Crippen LogP contribution is 2.28. The van der Waals surface area contributed by atoms with Crippen LogP contribution in [-0.4, -0.2) is 12.4 Å². The third-order valence-corrected chi connectivity index (χ3v) is 4.15. The van der Waals surface area contributed by atoms with Crippen molar-refractivity contribution in [2.24, 2.45) is 0 Å². The van der Waals surface area contributed by atoms with E-state index in [1.807, 2.05) is 38.1 Å². The molecule has 2 aromatic carbocycles. The second kappa shape index (κ2) is 6.19. The second-order valence-electron chi connectivity index (χ2n) is 6.03. The first kappa shape index (κ1) is 16.1. The fraction of sp³-hybridized carbons (Fsp3) is 0.143. The van der Waals surface area contributed by atoms with E-state index in [0.29, 0.717) is 28.9 Å². The van der Waals surface area contributed by atoms with E-state index >= 15 is 0 Å². The minimum absolute atomic E-state index is 0.0821. The molecule has 0 bridgehead atoms. The molecule has 26 heavy (non-hydrogen) atoms. The van der Waals surface area contributed by atoms with Gasteiger partial charge in [0.15, 0.2) is 5.76 Å². The highest BCUT2D eigenvalue weighted by atomic mass is 16.5. The largest absolute Gasteiger partial charge is 0.493 e. The highest BCUT2D eigenvalue weighted by molar-refractivity contribution is 6.10. The van der Waals surface area contributed by atoms with Gasteiger partial charge in [0.25, 0.3) is 0 Å². The van der Waals surface area contributed by atoms with E-state index in [0.717, 1.165) is 10.9 Å². The Hall–Kier alpha value is -3.34. The number of ether oxygens (including phenoxy) is 1. The van der Waals surface area contributed by atoms with Gasteiger partial charge >= 0.3 is 5.63 Å². The van der Waals surface area contributed by atoms with Crippen molar-refractivity contribution in [3.05, 3.63) is 75.8 Å². The first-order valence-electron chi connectivity index (χ1n) is 8.31. The molecule has 4 rings (SSSR count). The maximum Gasteiger partial charge on any atom is 0.347 e. The molecule has 0 aliphatic heterocycles. The summed E-state index contributed by atoms with van der Waals surface area (Å²) < 4.78 is 16.6. The molecule has 0 radical (unpaired) electrons. The van der Waals surface area contributed by atoms with E-state index < -0.39 is 11.4 Å². The lowest BCUT2D eigenvalue weighted by molar-refractivity contribution is 0.101. The monoisotopic (exact) mass is 348 g/mol. The standard InChI is InChI=1S/C21H16O5/c1-3-24-17-8-12(2)9-18-14(17)11-15(21(23)26-18)20(22)19-10-13-6-4-5-7-16(13)25-19/h4-11H,3H2,1-2H3. The Labute approximate surface area is 148 Å². The molecule has 130 valence electrons. The van der Waals surface area contributed by atoms with Crippen molar-refractivity contribution in [1.82, 2.24) is 0 Å². The molecule has 2 heterocycles. The van der Waals surface area contributed by atoms with Crippen LogP contribution in [0.4, 0.5) is 0 Å². The molecular formula is C21H16O5. The maximum atomic E-state index is 12.8. The lowest BCUT2D eigenvalue weighted by Crippen LogP contribution is -2.14. The van der Waals surface area contributed by atoms with Gasteiger partial charge in [-0.05, 0) is 49.7 Å². The summed E-state index contributed by atoms with van der Waals surface area (Å²) in [7, 11) is 0. The van der Waals surface area contributed by atoms with Gasteiger partial charge in [-0.3, -0.25) is 4.79 Å². The molecule has 4 aromatic rings. The average molecular weight is 348 g/mol. The SMILES string of the molecule is CCOc1cc(C)cc2oc(=O)c(C(=O)c3cc4ccccc4o3)cc12. The Morgan fingerprint density at radius 3 is 2.62 bits per heavy atom. The number of rotatable bonds is 4. The number of carbonyl (C=O) groups is 1. The third kappa shape index (κ3) is 2.67. The normalized spacial score (nSPS) is 11.2. The highest BCUT2D eigenvalue weighted by Gasteiger charge is 2.21. The Balaban J connectivity index is 1.88. The summed E-state index contributed by atoms with van der Waals surface area (Å²) in [6.07, 6.45) is 0. The fourth-order valence-corrected chi connectivity index (χ4v) is 2.98.